The zero-order valence-corrected chi connectivity index (χ0v) is 12.0. The summed E-state index contributed by atoms with van der Waals surface area (Å²) < 4.78 is 1.08. The monoisotopic (exact) mass is 368 g/mol. The van der Waals surface area contributed by atoms with Crippen LogP contribution in [0.1, 0.15) is 6.42 Å². The molecule has 94 valence electrons. The summed E-state index contributed by atoms with van der Waals surface area (Å²) in [6, 6.07) is 7.34. The van der Waals surface area contributed by atoms with Gasteiger partial charge in [0.2, 0.25) is 5.91 Å². The standard InChI is InChI=1S/C11H13IN2O2.ClH/c12-7-2-1-3-8(4-7)14-11(16)10-5-9(15)6-13-10;/h1-4,9-10,13,15H,5-6H2,(H,14,16);1H. The van der Waals surface area contributed by atoms with Gasteiger partial charge in [-0.05, 0) is 47.2 Å². The highest BCUT2D eigenvalue weighted by Gasteiger charge is 2.27. The van der Waals surface area contributed by atoms with Crippen molar-refractivity contribution in [3.05, 3.63) is 27.8 Å². The molecule has 2 atom stereocenters. The quantitative estimate of drug-likeness (QED) is 0.691. The van der Waals surface area contributed by atoms with Crippen LogP contribution in [-0.2, 0) is 4.79 Å². The van der Waals surface area contributed by atoms with Crippen LogP contribution in [0.4, 0.5) is 5.69 Å². The second-order valence-corrected chi connectivity index (χ2v) is 5.10. The second-order valence-electron chi connectivity index (χ2n) is 3.85. The first kappa shape index (κ1) is 14.7. The zero-order chi connectivity index (χ0) is 11.5. The molecule has 1 saturated heterocycles. The van der Waals surface area contributed by atoms with Gasteiger partial charge in [-0.3, -0.25) is 4.79 Å². The van der Waals surface area contributed by atoms with E-state index in [1.165, 1.54) is 0 Å². The molecule has 0 aliphatic carbocycles. The van der Waals surface area contributed by atoms with Crippen LogP contribution < -0.4 is 10.6 Å². The molecule has 0 spiro atoms. The summed E-state index contributed by atoms with van der Waals surface area (Å²) in [7, 11) is 0. The Morgan fingerprint density at radius 1 is 1.53 bits per heavy atom. The van der Waals surface area contributed by atoms with Gasteiger partial charge >= 0.3 is 0 Å². The molecule has 1 aliphatic heterocycles. The van der Waals surface area contributed by atoms with Gasteiger partial charge in [0.05, 0.1) is 12.1 Å². The minimum absolute atomic E-state index is 0. The minimum atomic E-state index is -0.411. The van der Waals surface area contributed by atoms with Gasteiger partial charge in [-0.1, -0.05) is 6.07 Å². The average molecular weight is 369 g/mol. The molecule has 1 fully saturated rings. The van der Waals surface area contributed by atoms with Crippen LogP contribution in [0, 0.1) is 3.57 Å². The number of nitrogens with one attached hydrogen (secondary N) is 2. The van der Waals surface area contributed by atoms with Crippen LogP contribution in [0.15, 0.2) is 24.3 Å². The molecule has 1 aliphatic rings. The predicted octanol–water partition coefficient (Wildman–Crippen LogP) is 1.37. The van der Waals surface area contributed by atoms with Crippen molar-refractivity contribution in [1.82, 2.24) is 5.32 Å². The number of carbonyl (C=O) groups is 1. The highest BCUT2D eigenvalue weighted by atomic mass is 127. The van der Waals surface area contributed by atoms with Crippen molar-refractivity contribution < 1.29 is 9.90 Å². The maximum absolute atomic E-state index is 11.8. The molecule has 1 heterocycles. The molecule has 4 nitrogen and oxygen atoms in total. The van der Waals surface area contributed by atoms with Crippen molar-refractivity contribution in [2.75, 3.05) is 11.9 Å². The molecule has 0 aromatic heterocycles. The molecular formula is C11H14ClIN2O2. The number of β-amino-alcohol motifs (C(OH)–C–C–N with tert-alkyl or cyclic N) is 1. The molecule has 0 saturated carbocycles. The van der Waals surface area contributed by atoms with Crippen molar-refractivity contribution >= 4 is 46.6 Å². The Labute approximate surface area is 120 Å². The van der Waals surface area contributed by atoms with Gasteiger partial charge in [-0.15, -0.1) is 12.4 Å². The fraction of sp³-hybridized carbons (Fsp3) is 0.364. The summed E-state index contributed by atoms with van der Waals surface area (Å²) in [6.45, 7) is 0.490. The van der Waals surface area contributed by atoms with Crippen molar-refractivity contribution in [3.63, 3.8) is 0 Å². The Morgan fingerprint density at radius 2 is 2.29 bits per heavy atom. The van der Waals surface area contributed by atoms with E-state index < -0.39 is 6.10 Å². The van der Waals surface area contributed by atoms with E-state index in [2.05, 4.69) is 33.2 Å². The molecule has 17 heavy (non-hydrogen) atoms. The third-order valence-corrected chi connectivity index (χ3v) is 3.19. The number of carbonyl (C=O) groups excluding carboxylic acids is 1. The summed E-state index contributed by atoms with van der Waals surface area (Å²) in [5, 5.41) is 15.1. The molecule has 2 rings (SSSR count). The van der Waals surface area contributed by atoms with Crippen LogP contribution in [0.5, 0.6) is 0 Å². The lowest BCUT2D eigenvalue weighted by Gasteiger charge is -2.11. The fourth-order valence-corrected chi connectivity index (χ4v) is 2.26. The van der Waals surface area contributed by atoms with Gasteiger partial charge < -0.3 is 15.7 Å². The van der Waals surface area contributed by atoms with Crippen LogP contribution in [0.3, 0.4) is 0 Å². The van der Waals surface area contributed by atoms with Crippen molar-refractivity contribution in [3.8, 4) is 0 Å². The summed E-state index contributed by atoms with van der Waals surface area (Å²) in [6.07, 6.45) is 0.0714. The Morgan fingerprint density at radius 3 is 2.88 bits per heavy atom. The van der Waals surface area contributed by atoms with E-state index in [9.17, 15) is 9.90 Å². The van der Waals surface area contributed by atoms with Crippen LogP contribution >= 0.6 is 35.0 Å². The van der Waals surface area contributed by atoms with Crippen LogP contribution in [0.2, 0.25) is 0 Å². The van der Waals surface area contributed by atoms with Gasteiger partial charge in [0.15, 0.2) is 0 Å². The number of rotatable bonds is 2. The molecule has 2 unspecified atom stereocenters. The van der Waals surface area contributed by atoms with E-state index in [0.29, 0.717) is 13.0 Å². The summed E-state index contributed by atoms with van der Waals surface area (Å²) in [4.78, 5) is 11.8. The van der Waals surface area contributed by atoms with Crippen molar-refractivity contribution in [1.29, 1.82) is 0 Å². The number of halogens is 2. The van der Waals surface area contributed by atoms with E-state index in [1.54, 1.807) is 0 Å². The Hall–Kier alpha value is -0.370. The maximum atomic E-state index is 11.8. The van der Waals surface area contributed by atoms with Gasteiger partial charge in [0.1, 0.15) is 0 Å². The number of aliphatic hydroxyl groups is 1. The van der Waals surface area contributed by atoms with E-state index in [1.807, 2.05) is 24.3 Å². The van der Waals surface area contributed by atoms with Crippen LogP contribution in [0.25, 0.3) is 0 Å². The lowest BCUT2D eigenvalue weighted by molar-refractivity contribution is -0.117. The predicted molar refractivity (Wildman–Crippen MR) is 77.5 cm³/mol. The van der Waals surface area contributed by atoms with Gasteiger partial charge in [0, 0.05) is 15.8 Å². The maximum Gasteiger partial charge on any atom is 0.241 e. The molecular weight excluding hydrogens is 354 g/mol. The normalized spacial score (nSPS) is 22.9. The molecule has 1 aromatic carbocycles. The SMILES string of the molecule is Cl.O=C(Nc1cccc(I)c1)C1CC(O)CN1. The minimum Gasteiger partial charge on any atom is -0.392 e. The van der Waals surface area contributed by atoms with Gasteiger partial charge in [-0.25, -0.2) is 0 Å². The molecule has 0 radical (unpaired) electrons. The largest absolute Gasteiger partial charge is 0.392 e. The highest BCUT2D eigenvalue weighted by Crippen LogP contribution is 2.14. The third kappa shape index (κ3) is 4.09. The first-order valence-electron chi connectivity index (χ1n) is 5.13. The number of aliphatic hydroxyl groups excluding tert-OH is 1. The summed E-state index contributed by atoms with van der Waals surface area (Å²) in [5.74, 6) is -0.0847. The Bertz CT molecular complexity index is 403. The number of hydrogen-bond acceptors (Lipinski definition) is 3. The average Bonchev–Trinajstić information content (AvgIpc) is 2.65. The summed E-state index contributed by atoms with van der Waals surface area (Å²) >= 11 is 2.20. The number of hydrogen-bond donors (Lipinski definition) is 3. The number of anilines is 1. The smallest absolute Gasteiger partial charge is 0.241 e. The summed E-state index contributed by atoms with van der Waals surface area (Å²) in [5.41, 5.74) is 0.792. The third-order valence-electron chi connectivity index (χ3n) is 2.52. The Balaban J connectivity index is 0.00000144. The lowest BCUT2D eigenvalue weighted by atomic mass is 10.2. The Kier molecular flexibility index (Phi) is 5.64. The zero-order valence-electron chi connectivity index (χ0n) is 9.02. The van der Waals surface area contributed by atoms with E-state index in [4.69, 9.17) is 0 Å². The number of amides is 1. The number of benzene rings is 1. The second kappa shape index (κ2) is 6.53. The molecule has 6 heteroatoms. The highest BCUT2D eigenvalue weighted by molar-refractivity contribution is 14.1. The fourth-order valence-electron chi connectivity index (χ4n) is 1.71. The van der Waals surface area contributed by atoms with E-state index in [-0.39, 0.29) is 24.4 Å². The van der Waals surface area contributed by atoms with E-state index >= 15 is 0 Å². The van der Waals surface area contributed by atoms with Gasteiger partial charge in [-0.2, -0.15) is 0 Å². The van der Waals surface area contributed by atoms with Crippen molar-refractivity contribution in [2.24, 2.45) is 0 Å². The molecule has 3 N–H and O–H groups in total. The topological polar surface area (TPSA) is 61.4 Å². The van der Waals surface area contributed by atoms with Gasteiger partial charge in [0.25, 0.3) is 0 Å². The van der Waals surface area contributed by atoms with Crippen LogP contribution in [-0.4, -0.2) is 29.7 Å². The van der Waals surface area contributed by atoms with Crippen molar-refractivity contribution in [2.45, 2.75) is 18.6 Å². The molecule has 1 aromatic rings. The first-order chi connectivity index (χ1) is 7.65. The first-order valence-corrected chi connectivity index (χ1v) is 6.21. The van der Waals surface area contributed by atoms with E-state index in [0.717, 1.165) is 9.26 Å². The molecule has 1 amide bonds. The lowest BCUT2D eigenvalue weighted by Crippen LogP contribution is -2.35. The molecule has 0 bridgehead atoms.